The van der Waals surface area contributed by atoms with Crippen LogP contribution < -0.4 is 21.3 Å². The Kier molecular flexibility index (Phi) is 40.1. The summed E-state index contributed by atoms with van der Waals surface area (Å²) in [5.74, 6) is 0.343. The van der Waals surface area contributed by atoms with Gasteiger partial charge < -0.3 is 21.3 Å². The molecule has 0 rings (SSSR count). The Morgan fingerprint density at radius 1 is 0.354 bits per heavy atom. The fourth-order valence-electron chi connectivity index (χ4n) is 5.90. The molecule has 48 heavy (non-hydrogen) atoms. The molecule has 0 aliphatic rings. The first kappa shape index (κ1) is 46.3. The van der Waals surface area contributed by atoms with E-state index in [1.165, 1.54) is 141 Å². The Morgan fingerprint density at radius 3 is 0.958 bits per heavy atom. The molecule has 0 saturated carbocycles. The van der Waals surface area contributed by atoms with Crippen LogP contribution in [0.25, 0.3) is 0 Å². The number of hydrogen-bond acceptors (Lipinski definition) is 4. The summed E-state index contributed by atoms with van der Waals surface area (Å²) in [6.07, 6.45) is 44.0. The molecular weight excluding hydrogens is 592 g/mol. The maximum atomic E-state index is 12.0. The number of carbonyl (C=O) groups is 2. The number of hydrogen-bond donors (Lipinski definition) is 4. The van der Waals surface area contributed by atoms with Crippen LogP contribution in [-0.2, 0) is 9.59 Å². The maximum Gasteiger partial charge on any atom is 0.220 e. The lowest BCUT2D eigenvalue weighted by Crippen LogP contribution is -2.37. The zero-order valence-electron chi connectivity index (χ0n) is 32.2. The van der Waals surface area contributed by atoms with Gasteiger partial charge in [-0.1, -0.05) is 141 Å². The van der Waals surface area contributed by atoms with Crippen LogP contribution in [0, 0.1) is 0 Å². The molecule has 0 saturated heterocycles. The van der Waals surface area contributed by atoms with E-state index in [2.05, 4.69) is 59.4 Å². The average Bonchev–Trinajstić information content (AvgIpc) is 3.09. The third-order valence-electron chi connectivity index (χ3n) is 9.06. The Morgan fingerprint density at radius 2 is 0.625 bits per heavy atom. The highest BCUT2D eigenvalue weighted by molar-refractivity contribution is 5.76. The molecule has 0 fully saturated rings. The minimum absolute atomic E-state index is 0.171. The zero-order valence-corrected chi connectivity index (χ0v) is 32.2. The minimum atomic E-state index is 0.171. The highest BCUT2D eigenvalue weighted by Crippen LogP contribution is 2.11. The summed E-state index contributed by atoms with van der Waals surface area (Å²) in [4.78, 5) is 24.1. The summed E-state index contributed by atoms with van der Waals surface area (Å²) in [7, 11) is 0. The third kappa shape index (κ3) is 40.5. The second-order valence-corrected chi connectivity index (χ2v) is 13.9. The van der Waals surface area contributed by atoms with E-state index in [-0.39, 0.29) is 11.8 Å². The third-order valence-corrected chi connectivity index (χ3v) is 9.06. The van der Waals surface area contributed by atoms with Crippen LogP contribution >= 0.6 is 0 Å². The molecule has 282 valence electrons. The van der Waals surface area contributed by atoms with E-state index in [1.54, 1.807) is 0 Å². The van der Waals surface area contributed by atoms with Gasteiger partial charge in [0.05, 0.1) is 0 Å². The van der Waals surface area contributed by atoms with Crippen LogP contribution in [-0.4, -0.2) is 51.1 Å². The van der Waals surface area contributed by atoms with E-state index in [4.69, 9.17) is 0 Å². The van der Waals surface area contributed by atoms with Crippen LogP contribution in [0.15, 0.2) is 24.3 Å². The minimum Gasteiger partial charge on any atom is -0.355 e. The van der Waals surface area contributed by atoms with Gasteiger partial charge in [-0.15, -0.1) is 0 Å². The van der Waals surface area contributed by atoms with Crippen molar-refractivity contribution in [2.75, 3.05) is 39.3 Å². The Labute approximate surface area is 299 Å². The summed E-state index contributed by atoms with van der Waals surface area (Å²) >= 11 is 0. The molecular formula is C42H82N4O2. The molecule has 0 unspecified atom stereocenters. The SMILES string of the molecule is CCCCCCCCC=CCCCCCCCC(=O)NCCNCCNCCNC(=O)CCCCCCCC=CCCCCCCCC. The van der Waals surface area contributed by atoms with Crippen molar-refractivity contribution < 1.29 is 9.59 Å². The molecule has 6 heteroatoms. The molecule has 0 aromatic rings. The summed E-state index contributed by atoms with van der Waals surface area (Å²) in [6, 6.07) is 0. The van der Waals surface area contributed by atoms with Gasteiger partial charge in [0.15, 0.2) is 0 Å². The second-order valence-electron chi connectivity index (χ2n) is 13.9. The Hall–Kier alpha value is -1.66. The number of nitrogens with one attached hydrogen (secondary N) is 4. The predicted molar refractivity (Wildman–Crippen MR) is 211 cm³/mol. The molecule has 0 atom stereocenters. The van der Waals surface area contributed by atoms with E-state index in [0.717, 1.165) is 51.9 Å². The fraction of sp³-hybridized carbons (Fsp3) is 0.857. The van der Waals surface area contributed by atoms with E-state index in [1.807, 2.05) is 0 Å². The van der Waals surface area contributed by atoms with Gasteiger partial charge in [-0.3, -0.25) is 9.59 Å². The van der Waals surface area contributed by atoms with Gasteiger partial charge in [0.2, 0.25) is 11.8 Å². The summed E-state index contributed by atoms with van der Waals surface area (Å²) < 4.78 is 0. The summed E-state index contributed by atoms with van der Waals surface area (Å²) in [5.41, 5.74) is 0. The van der Waals surface area contributed by atoms with Crippen molar-refractivity contribution in [3.8, 4) is 0 Å². The van der Waals surface area contributed by atoms with Crippen LogP contribution in [0.1, 0.15) is 194 Å². The Balaban J connectivity index is 3.29. The first-order valence-corrected chi connectivity index (χ1v) is 21.0. The number of carbonyl (C=O) groups excluding carboxylic acids is 2. The lowest BCUT2D eigenvalue weighted by molar-refractivity contribution is -0.122. The van der Waals surface area contributed by atoms with E-state index >= 15 is 0 Å². The zero-order chi connectivity index (χ0) is 34.9. The molecule has 6 nitrogen and oxygen atoms in total. The van der Waals surface area contributed by atoms with Gasteiger partial charge in [-0.05, 0) is 64.2 Å². The van der Waals surface area contributed by atoms with Crippen molar-refractivity contribution in [1.82, 2.24) is 21.3 Å². The first-order chi connectivity index (χ1) is 23.7. The van der Waals surface area contributed by atoms with Crippen LogP contribution in [0.2, 0.25) is 0 Å². The van der Waals surface area contributed by atoms with E-state index in [9.17, 15) is 9.59 Å². The van der Waals surface area contributed by atoms with Crippen LogP contribution in [0.3, 0.4) is 0 Å². The molecule has 0 aromatic carbocycles. The lowest BCUT2D eigenvalue weighted by atomic mass is 10.1. The van der Waals surface area contributed by atoms with Crippen molar-refractivity contribution in [1.29, 1.82) is 0 Å². The smallest absolute Gasteiger partial charge is 0.220 e. The number of unbranched alkanes of at least 4 members (excludes halogenated alkanes) is 22. The van der Waals surface area contributed by atoms with Gasteiger partial charge in [0.1, 0.15) is 0 Å². The van der Waals surface area contributed by atoms with E-state index < -0.39 is 0 Å². The second kappa shape index (κ2) is 41.5. The van der Waals surface area contributed by atoms with Crippen molar-refractivity contribution >= 4 is 11.8 Å². The van der Waals surface area contributed by atoms with Crippen LogP contribution in [0.5, 0.6) is 0 Å². The highest BCUT2D eigenvalue weighted by Gasteiger charge is 2.02. The monoisotopic (exact) mass is 675 g/mol. The predicted octanol–water partition coefficient (Wildman–Crippen LogP) is 10.5. The number of rotatable bonds is 39. The summed E-state index contributed by atoms with van der Waals surface area (Å²) in [6.45, 7) is 9.17. The molecule has 4 N–H and O–H groups in total. The molecule has 0 bridgehead atoms. The quantitative estimate of drug-likeness (QED) is 0.0386. The molecule has 0 heterocycles. The van der Waals surface area contributed by atoms with Gasteiger partial charge in [-0.2, -0.15) is 0 Å². The lowest BCUT2D eigenvalue weighted by Gasteiger charge is -2.09. The fourth-order valence-corrected chi connectivity index (χ4v) is 5.90. The molecule has 0 spiro atoms. The van der Waals surface area contributed by atoms with Crippen molar-refractivity contribution in [3.05, 3.63) is 24.3 Å². The summed E-state index contributed by atoms with van der Waals surface area (Å²) in [5, 5.41) is 12.8. The molecule has 0 aliphatic carbocycles. The van der Waals surface area contributed by atoms with Gasteiger partial charge in [0, 0.05) is 52.1 Å². The average molecular weight is 675 g/mol. The van der Waals surface area contributed by atoms with Crippen molar-refractivity contribution in [2.45, 2.75) is 194 Å². The maximum absolute atomic E-state index is 12.0. The molecule has 0 aromatic heterocycles. The van der Waals surface area contributed by atoms with Gasteiger partial charge in [0.25, 0.3) is 0 Å². The molecule has 2 amide bonds. The first-order valence-electron chi connectivity index (χ1n) is 21.0. The van der Waals surface area contributed by atoms with Gasteiger partial charge in [-0.25, -0.2) is 0 Å². The highest BCUT2D eigenvalue weighted by atomic mass is 16.2. The van der Waals surface area contributed by atoms with Gasteiger partial charge >= 0.3 is 0 Å². The van der Waals surface area contributed by atoms with Crippen molar-refractivity contribution in [3.63, 3.8) is 0 Å². The number of allylic oxidation sites excluding steroid dienone is 4. The largest absolute Gasteiger partial charge is 0.355 e. The molecule has 0 aliphatic heterocycles. The normalized spacial score (nSPS) is 11.6. The molecule has 0 radical (unpaired) electrons. The van der Waals surface area contributed by atoms with Crippen LogP contribution in [0.4, 0.5) is 0 Å². The topological polar surface area (TPSA) is 82.3 Å². The number of amides is 2. The standard InChI is InChI=1S/C42H82N4O2/c1-3-5-7-9-11-13-15-17-19-21-23-25-27-29-31-33-41(47)45-39-37-43-35-36-44-38-40-46-42(48)34-32-30-28-26-24-22-20-18-16-14-12-10-8-6-4-2/h17-20,43-44H,3-16,21-40H2,1-2H3,(H,45,47)(H,46,48). The Bertz CT molecular complexity index is 664. The van der Waals surface area contributed by atoms with Crippen molar-refractivity contribution in [2.24, 2.45) is 0 Å². The van der Waals surface area contributed by atoms with E-state index in [0.29, 0.717) is 25.9 Å².